The summed E-state index contributed by atoms with van der Waals surface area (Å²) in [5.41, 5.74) is 5.54. The molecule has 8 heteroatoms. The van der Waals surface area contributed by atoms with Crippen LogP contribution in [0.5, 0.6) is 0 Å². The number of halogens is 1. The molecule has 1 aliphatic rings. The summed E-state index contributed by atoms with van der Waals surface area (Å²) < 4.78 is 0. The van der Waals surface area contributed by atoms with Crippen LogP contribution in [0, 0.1) is 10.1 Å². The lowest BCUT2D eigenvalue weighted by Crippen LogP contribution is -2.29. The molecule has 23 heavy (non-hydrogen) atoms. The summed E-state index contributed by atoms with van der Waals surface area (Å²) in [4.78, 5) is 14.5. The van der Waals surface area contributed by atoms with Crippen LogP contribution < -0.4 is 10.7 Å². The molecular formula is C15H12ClN5O2. The highest BCUT2D eigenvalue weighted by molar-refractivity contribution is 6.30. The number of hydrazone groups is 1. The molecule has 0 aromatic heterocycles. The molecule has 0 saturated heterocycles. The zero-order chi connectivity index (χ0) is 16.2. The molecule has 0 bridgehead atoms. The van der Waals surface area contributed by atoms with E-state index in [9.17, 15) is 10.1 Å². The molecule has 0 atom stereocenters. The fraction of sp³-hybridized carbons (Fsp3) is 0.0667. The number of nitrogens with one attached hydrogen (secondary N) is 2. The van der Waals surface area contributed by atoms with Crippen molar-refractivity contribution in [2.45, 2.75) is 6.54 Å². The number of hydrogen-bond acceptors (Lipinski definition) is 6. The summed E-state index contributed by atoms with van der Waals surface area (Å²) in [6.07, 6.45) is 1.56. The van der Waals surface area contributed by atoms with E-state index < -0.39 is 4.92 Å². The normalized spacial score (nSPS) is 13.2. The number of rotatable bonds is 3. The number of nitrogens with zero attached hydrogens (tertiary/aromatic N) is 3. The third-order valence-electron chi connectivity index (χ3n) is 3.22. The first kappa shape index (κ1) is 15.0. The van der Waals surface area contributed by atoms with Crippen molar-refractivity contribution in [1.29, 1.82) is 0 Å². The van der Waals surface area contributed by atoms with E-state index >= 15 is 0 Å². The molecule has 0 unspecified atom stereocenters. The van der Waals surface area contributed by atoms with Crippen LogP contribution in [0.1, 0.15) is 11.1 Å². The Labute approximate surface area is 136 Å². The van der Waals surface area contributed by atoms with E-state index in [1.807, 2.05) is 12.1 Å². The molecule has 0 aliphatic carbocycles. The van der Waals surface area contributed by atoms with E-state index in [2.05, 4.69) is 20.8 Å². The second-order valence-electron chi connectivity index (χ2n) is 4.81. The first-order valence-electron chi connectivity index (χ1n) is 6.75. The van der Waals surface area contributed by atoms with Gasteiger partial charge < -0.3 is 5.32 Å². The maximum Gasteiger partial charge on any atom is 0.269 e. The van der Waals surface area contributed by atoms with Crippen LogP contribution in [0.3, 0.4) is 0 Å². The molecule has 3 rings (SSSR count). The van der Waals surface area contributed by atoms with Crippen LogP contribution in [0.25, 0.3) is 0 Å². The van der Waals surface area contributed by atoms with Crippen molar-refractivity contribution in [2.75, 3.05) is 5.32 Å². The number of benzene rings is 2. The predicted octanol–water partition coefficient (Wildman–Crippen LogP) is 3.15. The second kappa shape index (κ2) is 6.45. The highest BCUT2D eigenvalue weighted by Gasteiger charge is 2.11. The first-order valence-corrected chi connectivity index (χ1v) is 7.13. The number of non-ortho nitro benzene ring substituents is 1. The van der Waals surface area contributed by atoms with E-state index in [0.29, 0.717) is 17.5 Å². The molecule has 1 heterocycles. The molecule has 2 N–H and O–H groups in total. The number of nitro benzene ring substituents is 1. The maximum atomic E-state index is 10.6. The van der Waals surface area contributed by atoms with Crippen molar-refractivity contribution >= 4 is 35.1 Å². The van der Waals surface area contributed by atoms with Gasteiger partial charge in [-0.2, -0.15) is 5.10 Å². The summed E-state index contributed by atoms with van der Waals surface area (Å²) in [7, 11) is 0. The summed E-state index contributed by atoms with van der Waals surface area (Å²) >= 11 is 5.94. The molecule has 2 aromatic carbocycles. The summed E-state index contributed by atoms with van der Waals surface area (Å²) in [5.74, 6) is 0.526. The number of hydrogen-bond donors (Lipinski definition) is 2. The van der Waals surface area contributed by atoms with Crippen molar-refractivity contribution in [3.8, 4) is 0 Å². The minimum Gasteiger partial charge on any atom is -0.325 e. The SMILES string of the molecule is O=[N+]([O-])c1ccc(/C=N/NC2=NCc3cc(Cl)ccc3N2)cc1. The van der Waals surface area contributed by atoms with Gasteiger partial charge in [0.25, 0.3) is 5.69 Å². The van der Waals surface area contributed by atoms with E-state index in [0.717, 1.165) is 16.8 Å². The van der Waals surface area contributed by atoms with Crippen molar-refractivity contribution in [3.63, 3.8) is 0 Å². The Hall–Kier alpha value is -2.93. The summed E-state index contributed by atoms with van der Waals surface area (Å²) in [5, 5.41) is 18.4. The van der Waals surface area contributed by atoms with Crippen LogP contribution in [0.4, 0.5) is 11.4 Å². The van der Waals surface area contributed by atoms with Crippen LogP contribution in [0.2, 0.25) is 5.02 Å². The van der Waals surface area contributed by atoms with Crippen molar-refractivity contribution in [3.05, 3.63) is 68.7 Å². The fourth-order valence-electron chi connectivity index (χ4n) is 2.06. The fourth-order valence-corrected chi connectivity index (χ4v) is 2.25. The van der Waals surface area contributed by atoms with Gasteiger partial charge in [0.05, 0.1) is 17.7 Å². The zero-order valence-electron chi connectivity index (χ0n) is 11.9. The molecule has 0 saturated carbocycles. The lowest BCUT2D eigenvalue weighted by Gasteiger charge is -2.17. The van der Waals surface area contributed by atoms with Gasteiger partial charge in [-0.1, -0.05) is 11.6 Å². The Kier molecular flexibility index (Phi) is 4.20. The average Bonchev–Trinajstić information content (AvgIpc) is 2.55. The third-order valence-corrected chi connectivity index (χ3v) is 3.45. The van der Waals surface area contributed by atoms with Crippen molar-refractivity contribution < 1.29 is 4.92 Å². The van der Waals surface area contributed by atoms with Gasteiger partial charge in [-0.25, -0.2) is 10.4 Å². The van der Waals surface area contributed by atoms with Gasteiger partial charge >= 0.3 is 0 Å². The lowest BCUT2D eigenvalue weighted by atomic mass is 10.1. The Bertz CT molecular complexity index is 802. The van der Waals surface area contributed by atoms with E-state index in [1.165, 1.54) is 12.1 Å². The standard InChI is InChI=1S/C15H12ClN5O2/c16-12-3-6-14-11(7-12)9-17-15(19-14)20-18-8-10-1-4-13(5-2-10)21(22)23/h1-8H,9H2,(H2,17,19,20)/b18-8+. The van der Waals surface area contributed by atoms with Gasteiger partial charge in [-0.15, -0.1) is 0 Å². The highest BCUT2D eigenvalue weighted by atomic mass is 35.5. The van der Waals surface area contributed by atoms with Crippen LogP contribution in [-0.2, 0) is 6.54 Å². The summed E-state index contributed by atoms with van der Waals surface area (Å²) in [6, 6.07) is 11.7. The second-order valence-corrected chi connectivity index (χ2v) is 5.25. The molecule has 2 aromatic rings. The van der Waals surface area contributed by atoms with Gasteiger partial charge in [0, 0.05) is 22.8 Å². The highest BCUT2D eigenvalue weighted by Crippen LogP contribution is 2.23. The Balaban J connectivity index is 1.61. The van der Waals surface area contributed by atoms with Crippen LogP contribution >= 0.6 is 11.6 Å². The smallest absolute Gasteiger partial charge is 0.269 e. The van der Waals surface area contributed by atoms with Gasteiger partial charge in [0.1, 0.15) is 0 Å². The molecular weight excluding hydrogens is 318 g/mol. The molecule has 0 spiro atoms. The van der Waals surface area contributed by atoms with Crippen LogP contribution in [0.15, 0.2) is 52.6 Å². The quantitative estimate of drug-likeness (QED) is 0.514. The van der Waals surface area contributed by atoms with Crippen molar-refractivity contribution in [1.82, 2.24) is 5.43 Å². The van der Waals surface area contributed by atoms with Crippen LogP contribution in [-0.4, -0.2) is 17.1 Å². The molecule has 0 radical (unpaired) electrons. The van der Waals surface area contributed by atoms with Gasteiger partial charge in [0.2, 0.25) is 5.96 Å². The minimum absolute atomic E-state index is 0.0451. The zero-order valence-corrected chi connectivity index (χ0v) is 12.6. The largest absolute Gasteiger partial charge is 0.325 e. The summed E-state index contributed by atoms with van der Waals surface area (Å²) in [6.45, 7) is 0.512. The lowest BCUT2D eigenvalue weighted by molar-refractivity contribution is -0.384. The molecule has 0 fully saturated rings. The maximum absolute atomic E-state index is 10.6. The number of anilines is 1. The Morgan fingerprint density at radius 1 is 1.30 bits per heavy atom. The first-order chi connectivity index (χ1) is 11.1. The molecule has 116 valence electrons. The Morgan fingerprint density at radius 2 is 2.09 bits per heavy atom. The average molecular weight is 330 g/mol. The van der Waals surface area contributed by atoms with Gasteiger partial charge in [-0.3, -0.25) is 10.1 Å². The predicted molar refractivity (Wildman–Crippen MR) is 90.0 cm³/mol. The van der Waals surface area contributed by atoms with E-state index in [4.69, 9.17) is 11.6 Å². The Morgan fingerprint density at radius 3 is 2.83 bits per heavy atom. The number of guanidine groups is 1. The number of aliphatic imine (C=N–C) groups is 1. The number of fused-ring (bicyclic) bond motifs is 1. The minimum atomic E-state index is -0.441. The molecule has 0 amide bonds. The van der Waals surface area contributed by atoms with E-state index in [-0.39, 0.29) is 5.69 Å². The molecule has 1 aliphatic heterocycles. The van der Waals surface area contributed by atoms with Crippen molar-refractivity contribution in [2.24, 2.45) is 10.1 Å². The van der Waals surface area contributed by atoms with Gasteiger partial charge in [0.15, 0.2) is 0 Å². The third kappa shape index (κ3) is 3.64. The number of nitro groups is 1. The topological polar surface area (TPSA) is 91.9 Å². The molecule has 7 nitrogen and oxygen atoms in total. The monoisotopic (exact) mass is 329 g/mol. The van der Waals surface area contributed by atoms with E-state index in [1.54, 1.807) is 24.4 Å². The van der Waals surface area contributed by atoms with Gasteiger partial charge in [-0.05, 0) is 41.5 Å².